The zero-order chi connectivity index (χ0) is 19.8. The Kier molecular flexibility index (Phi) is 6.15. The number of rotatable bonds is 6. The molecule has 3 rings (SSSR count). The molecule has 0 bridgehead atoms. The molecule has 3 aromatic carbocycles. The molecular formula is C22H19N3O3. The van der Waals surface area contributed by atoms with Crippen molar-refractivity contribution >= 4 is 23.7 Å². The molecule has 3 aromatic rings. The quantitative estimate of drug-likeness (QED) is 0.457. The first-order chi connectivity index (χ1) is 13.6. The van der Waals surface area contributed by atoms with Crippen molar-refractivity contribution in [1.29, 1.82) is 0 Å². The highest BCUT2D eigenvalue weighted by Gasteiger charge is 2.07. The standard InChI is InChI=1S/C22H19N3O3/c26-20-9-5-4-8-18(20)15-23-25-22(28)17-10-12-19(13-11-17)24-21(27)14-16-6-2-1-3-7-16/h1-13,15,26H,14H2,(H,24,27)(H,25,28)/b23-15-. The lowest BCUT2D eigenvalue weighted by molar-refractivity contribution is -0.115. The van der Waals surface area contributed by atoms with E-state index in [4.69, 9.17) is 0 Å². The van der Waals surface area contributed by atoms with Crippen LogP contribution in [0.3, 0.4) is 0 Å². The van der Waals surface area contributed by atoms with E-state index in [1.807, 2.05) is 30.3 Å². The second kappa shape index (κ2) is 9.14. The van der Waals surface area contributed by atoms with Gasteiger partial charge in [-0.25, -0.2) is 5.43 Å². The molecule has 28 heavy (non-hydrogen) atoms. The summed E-state index contributed by atoms with van der Waals surface area (Å²) >= 11 is 0. The van der Waals surface area contributed by atoms with E-state index < -0.39 is 5.91 Å². The minimum atomic E-state index is -0.395. The fourth-order valence-electron chi connectivity index (χ4n) is 2.51. The van der Waals surface area contributed by atoms with Crippen LogP contribution in [0, 0.1) is 0 Å². The molecule has 140 valence electrons. The number of carbonyl (C=O) groups excluding carboxylic acids is 2. The Morgan fingerprint density at radius 1 is 0.893 bits per heavy atom. The number of phenolic OH excluding ortho intramolecular Hbond substituents is 1. The van der Waals surface area contributed by atoms with Gasteiger partial charge >= 0.3 is 0 Å². The van der Waals surface area contributed by atoms with Crippen LogP contribution in [0.2, 0.25) is 0 Å². The molecule has 2 amide bonds. The Bertz CT molecular complexity index is 983. The van der Waals surface area contributed by atoms with Crippen molar-refractivity contribution in [2.24, 2.45) is 5.10 Å². The van der Waals surface area contributed by atoms with Gasteiger partial charge in [0.05, 0.1) is 12.6 Å². The summed E-state index contributed by atoms with van der Waals surface area (Å²) in [5, 5.41) is 16.3. The molecule has 0 heterocycles. The van der Waals surface area contributed by atoms with Gasteiger partial charge in [-0.2, -0.15) is 5.10 Å². The number of nitrogens with zero attached hydrogens (tertiary/aromatic N) is 1. The van der Waals surface area contributed by atoms with Crippen molar-refractivity contribution in [2.45, 2.75) is 6.42 Å². The van der Waals surface area contributed by atoms with Gasteiger partial charge in [-0.3, -0.25) is 9.59 Å². The summed E-state index contributed by atoms with van der Waals surface area (Å²) in [5.74, 6) is -0.444. The maximum Gasteiger partial charge on any atom is 0.271 e. The number of hydrogen-bond donors (Lipinski definition) is 3. The van der Waals surface area contributed by atoms with Crippen molar-refractivity contribution in [2.75, 3.05) is 5.32 Å². The van der Waals surface area contributed by atoms with Gasteiger partial charge in [0.2, 0.25) is 5.91 Å². The van der Waals surface area contributed by atoms with Gasteiger partial charge in [0, 0.05) is 16.8 Å². The third kappa shape index (κ3) is 5.28. The van der Waals surface area contributed by atoms with Crippen LogP contribution < -0.4 is 10.7 Å². The molecule has 0 fully saturated rings. The van der Waals surface area contributed by atoms with E-state index in [-0.39, 0.29) is 18.1 Å². The van der Waals surface area contributed by atoms with Crippen LogP contribution in [0.15, 0.2) is 84.0 Å². The van der Waals surface area contributed by atoms with Gasteiger partial charge in [0.15, 0.2) is 0 Å². The molecule has 0 aliphatic carbocycles. The van der Waals surface area contributed by atoms with Crippen molar-refractivity contribution in [3.8, 4) is 5.75 Å². The number of benzene rings is 3. The average Bonchev–Trinajstić information content (AvgIpc) is 2.70. The third-order valence-corrected chi connectivity index (χ3v) is 3.94. The summed E-state index contributed by atoms with van der Waals surface area (Å²) in [5.41, 5.74) is 4.83. The number of aromatic hydroxyl groups is 1. The molecule has 0 aliphatic rings. The van der Waals surface area contributed by atoms with Crippen LogP contribution >= 0.6 is 0 Å². The van der Waals surface area contributed by atoms with Crippen LogP contribution in [0.25, 0.3) is 0 Å². The van der Waals surface area contributed by atoms with Crippen LogP contribution in [-0.2, 0) is 11.2 Å². The molecule has 0 saturated heterocycles. The lowest BCUT2D eigenvalue weighted by Crippen LogP contribution is -2.18. The number of para-hydroxylation sites is 1. The van der Waals surface area contributed by atoms with Crippen molar-refractivity contribution in [1.82, 2.24) is 5.43 Å². The third-order valence-electron chi connectivity index (χ3n) is 3.94. The fourth-order valence-corrected chi connectivity index (χ4v) is 2.51. The fraction of sp³-hybridized carbons (Fsp3) is 0.0455. The van der Waals surface area contributed by atoms with E-state index in [0.717, 1.165) is 5.56 Å². The molecule has 3 N–H and O–H groups in total. The molecule has 0 spiro atoms. The summed E-state index contributed by atoms with van der Waals surface area (Å²) in [6, 6.07) is 22.6. The van der Waals surface area contributed by atoms with E-state index >= 15 is 0 Å². The lowest BCUT2D eigenvalue weighted by Gasteiger charge is -2.06. The van der Waals surface area contributed by atoms with Gasteiger partial charge in [-0.15, -0.1) is 0 Å². The van der Waals surface area contributed by atoms with E-state index in [2.05, 4.69) is 15.8 Å². The summed E-state index contributed by atoms with van der Waals surface area (Å²) in [7, 11) is 0. The van der Waals surface area contributed by atoms with Gasteiger partial charge in [-0.1, -0.05) is 42.5 Å². The number of anilines is 1. The Morgan fingerprint density at radius 3 is 2.29 bits per heavy atom. The molecule has 0 radical (unpaired) electrons. The predicted octanol–water partition coefficient (Wildman–Crippen LogP) is 3.34. The van der Waals surface area contributed by atoms with Crippen LogP contribution in [0.5, 0.6) is 5.75 Å². The number of nitrogens with one attached hydrogen (secondary N) is 2. The number of hydrazone groups is 1. The maximum absolute atomic E-state index is 12.1. The molecule has 0 aromatic heterocycles. The van der Waals surface area contributed by atoms with Crippen LogP contribution in [-0.4, -0.2) is 23.1 Å². The molecule has 6 nitrogen and oxygen atoms in total. The van der Waals surface area contributed by atoms with Crippen molar-refractivity contribution in [3.63, 3.8) is 0 Å². The number of hydrogen-bond acceptors (Lipinski definition) is 4. The largest absolute Gasteiger partial charge is 0.507 e. The van der Waals surface area contributed by atoms with Gasteiger partial charge in [-0.05, 0) is 42.0 Å². The summed E-state index contributed by atoms with van der Waals surface area (Å²) in [6.45, 7) is 0. The topological polar surface area (TPSA) is 90.8 Å². The SMILES string of the molecule is O=C(Cc1ccccc1)Nc1ccc(C(=O)N/N=C\c2ccccc2O)cc1. The lowest BCUT2D eigenvalue weighted by atomic mass is 10.1. The van der Waals surface area contributed by atoms with Crippen molar-refractivity contribution in [3.05, 3.63) is 95.6 Å². The summed E-state index contributed by atoms with van der Waals surface area (Å²) in [4.78, 5) is 24.2. The molecule has 0 aliphatic heterocycles. The highest BCUT2D eigenvalue weighted by atomic mass is 16.3. The van der Waals surface area contributed by atoms with Gasteiger partial charge in [0.25, 0.3) is 5.91 Å². The predicted molar refractivity (Wildman–Crippen MR) is 108 cm³/mol. The smallest absolute Gasteiger partial charge is 0.271 e. The first-order valence-corrected chi connectivity index (χ1v) is 8.67. The van der Waals surface area contributed by atoms with Gasteiger partial charge in [0.1, 0.15) is 5.75 Å². The Morgan fingerprint density at radius 2 is 1.57 bits per heavy atom. The number of phenols is 1. The Labute approximate surface area is 162 Å². The molecule has 6 heteroatoms. The first-order valence-electron chi connectivity index (χ1n) is 8.67. The highest BCUT2D eigenvalue weighted by molar-refractivity contribution is 5.96. The van der Waals surface area contributed by atoms with Crippen LogP contribution in [0.4, 0.5) is 5.69 Å². The molecular weight excluding hydrogens is 354 g/mol. The minimum absolute atomic E-state index is 0.0797. The molecule has 0 unspecified atom stereocenters. The maximum atomic E-state index is 12.1. The second-order valence-electron chi connectivity index (χ2n) is 6.05. The number of carbonyl (C=O) groups is 2. The van der Waals surface area contributed by atoms with E-state index in [1.165, 1.54) is 12.3 Å². The van der Waals surface area contributed by atoms with E-state index in [9.17, 15) is 14.7 Å². The van der Waals surface area contributed by atoms with Crippen LogP contribution in [0.1, 0.15) is 21.5 Å². The van der Waals surface area contributed by atoms with E-state index in [0.29, 0.717) is 16.8 Å². The highest BCUT2D eigenvalue weighted by Crippen LogP contribution is 2.13. The molecule has 0 atom stereocenters. The normalized spacial score (nSPS) is 10.6. The molecule has 0 saturated carbocycles. The average molecular weight is 373 g/mol. The van der Waals surface area contributed by atoms with E-state index in [1.54, 1.807) is 42.5 Å². The Balaban J connectivity index is 1.54. The zero-order valence-corrected chi connectivity index (χ0v) is 15.0. The second-order valence-corrected chi connectivity index (χ2v) is 6.05. The monoisotopic (exact) mass is 373 g/mol. The van der Waals surface area contributed by atoms with Gasteiger partial charge < -0.3 is 10.4 Å². The van der Waals surface area contributed by atoms with Crippen molar-refractivity contribution < 1.29 is 14.7 Å². The first kappa shape index (κ1) is 18.8. The minimum Gasteiger partial charge on any atom is -0.507 e. The number of amides is 2. The summed E-state index contributed by atoms with van der Waals surface area (Å²) < 4.78 is 0. The zero-order valence-electron chi connectivity index (χ0n) is 15.0. The Hall–Kier alpha value is -3.93. The summed E-state index contributed by atoms with van der Waals surface area (Å²) in [6.07, 6.45) is 1.65.